The maximum Gasteiger partial charge on any atom is 0.240 e. The first kappa shape index (κ1) is 33.7. The van der Waals surface area contributed by atoms with Crippen LogP contribution < -0.4 is 10.3 Å². The second kappa shape index (κ2) is 15.3. The van der Waals surface area contributed by atoms with E-state index in [4.69, 9.17) is 0 Å². The van der Waals surface area contributed by atoms with Gasteiger partial charge in [0.25, 0.3) is 0 Å². The van der Waals surface area contributed by atoms with Crippen LogP contribution in [0.1, 0.15) is 107 Å². The monoisotopic (exact) mass is 641 g/mol. The molecule has 0 amide bonds. The van der Waals surface area contributed by atoms with Gasteiger partial charge in [0.05, 0.1) is 0 Å². The molecule has 4 atom stereocenters. The molecule has 0 bridgehead atoms. The molecule has 2 heteroatoms. The van der Waals surface area contributed by atoms with Crippen LogP contribution in [0.15, 0.2) is 146 Å². The second-order valence-electron chi connectivity index (χ2n) is 13.6. The number of anilines is 1. The molecule has 0 radical (unpaired) electrons. The van der Waals surface area contributed by atoms with Crippen molar-refractivity contribution in [2.24, 2.45) is 0 Å². The van der Waals surface area contributed by atoms with Crippen molar-refractivity contribution in [3.05, 3.63) is 201 Å². The van der Waals surface area contributed by atoms with E-state index in [1.54, 1.807) is 0 Å². The minimum atomic E-state index is 0.209. The van der Waals surface area contributed by atoms with Crippen LogP contribution in [0.4, 0.5) is 11.4 Å². The van der Waals surface area contributed by atoms with Crippen molar-refractivity contribution in [1.82, 2.24) is 0 Å². The van der Waals surface area contributed by atoms with Gasteiger partial charge in [-0.15, -0.1) is 0 Å². The Bertz CT molecular complexity index is 1860. The van der Waals surface area contributed by atoms with Crippen molar-refractivity contribution in [2.75, 3.05) is 5.32 Å². The molecule has 2 nitrogen and oxygen atoms in total. The molecular weight excluding hydrogens is 593 g/mol. The molecule has 49 heavy (non-hydrogen) atoms. The number of rotatable bonds is 11. The van der Waals surface area contributed by atoms with Gasteiger partial charge in [-0.2, -0.15) is 0 Å². The quantitative estimate of drug-likeness (QED) is 0.107. The Balaban J connectivity index is 1.49. The van der Waals surface area contributed by atoms with Crippen molar-refractivity contribution in [3.8, 4) is 0 Å². The van der Waals surface area contributed by atoms with E-state index in [9.17, 15) is 0 Å². The Morgan fingerprint density at radius 1 is 0.429 bits per heavy atom. The van der Waals surface area contributed by atoms with Gasteiger partial charge < -0.3 is 0 Å². The van der Waals surface area contributed by atoms with Crippen LogP contribution in [0.25, 0.3) is 0 Å². The van der Waals surface area contributed by atoms with E-state index >= 15 is 0 Å². The van der Waals surface area contributed by atoms with E-state index in [-0.39, 0.29) is 23.7 Å². The molecule has 0 spiro atoms. The van der Waals surface area contributed by atoms with Crippen LogP contribution in [0.2, 0.25) is 0 Å². The van der Waals surface area contributed by atoms with E-state index < -0.39 is 0 Å². The molecule has 246 valence electrons. The maximum atomic E-state index is 3.85. The van der Waals surface area contributed by atoms with Gasteiger partial charge in [-0.1, -0.05) is 184 Å². The number of benzene rings is 6. The van der Waals surface area contributed by atoms with Gasteiger partial charge in [-0.05, 0) is 36.1 Å². The summed E-state index contributed by atoms with van der Waals surface area (Å²) in [5, 5.41) is 3.85. The molecule has 6 aromatic carbocycles. The van der Waals surface area contributed by atoms with Crippen molar-refractivity contribution < 1.29 is 4.99 Å². The summed E-state index contributed by atoms with van der Waals surface area (Å²) in [7, 11) is 0. The topological polar surface area (TPSA) is 26.0 Å². The minimum Gasteiger partial charge on any atom is -0.247 e. The third-order valence-electron chi connectivity index (χ3n) is 10.2. The Labute approximate surface area is 293 Å². The van der Waals surface area contributed by atoms with E-state index in [0.717, 1.165) is 11.4 Å². The zero-order valence-electron chi connectivity index (χ0n) is 29.7. The van der Waals surface area contributed by atoms with Crippen LogP contribution in [0.3, 0.4) is 0 Å². The molecule has 0 aliphatic rings. The summed E-state index contributed by atoms with van der Waals surface area (Å²) in [6.45, 7) is 13.7. The summed E-state index contributed by atoms with van der Waals surface area (Å²) in [5.41, 5.74) is 15.2. The minimum absolute atomic E-state index is 0.209. The Hall–Kier alpha value is -5.21. The lowest BCUT2D eigenvalue weighted by atomic mass is 9.84. The lowest BCUT2D eigenvalue weighted by Crippen LogP contribution is -2.64. The molecule has 0 aliphatic heterocycles. The fourth-order valence-corrected chi connectivity index (χ4v) is 7.25. The van der Waals surface area contributed by atoms with E-state index in [1.165, 1.54) is 55.6 Å². The Kier molecular flexibility index (Phi) is 10.5. The zero-order chi connectivity index (χ0) is 34.3. The highest BCUT2D eigenvalue weighted by atomic mass is 15.0. The highest BCUT2D eigenvalue weighted by molar-refractivity contribution is 5.79. The largest absolute Gasteiger partial charge is 0.247 e. The van der Waals surface area contributed by atoms with Crippen LogP contribution in [0.5, 0.6) is 0 Å². The van der Waals surface area contributed by atoms with Crippen LogP contribution in [0, 0.1) is 13.8 Å². The summed E-state index contributed by atoms with van der Waals surface area (Å²) in [6, 6.07) is 52.8. The Morgan fingerprint density at radius 3 is 1.04 bits per heavy atom. The summed E-state index contributed by atoms with van der Waals surface area (Å²) >= 11 is 0. The highest BCUT2D eigenvalue weighted by Gasteiger charge is 2.25. The number of aryl methyl sites for hydroxylation is 2. The third-order valence-corrected chi connectivity index (χ3v) is 10.2. The molecule has 2 N–H and O–H groups in total. The molecule has 6 rings (SSSR count). The predicted molar refractivity (Wildman–Crippen MR) is 209 cm³/mol. The average molecular weight is 642 g/mol. The molecule has 0 aromatic heterocycles. The maximum absolute atomic E-state index is 3.85. The molecular formula is C47H49N2+. The number of hydrogen-bond acceptors (Lipinski definition) is 0. The third kappa shape index (κ3) is 7.60. The van der Waals surface area contributed by atoms with Gasteiger partial charge >= 0.3 is 0 Å². The smallest absolute Gasteiger partial charge is 0.240 e. The molecule has 0 saturated heterocycles. The fraction of sp³-hybridized carbons (Fsp3) is 0.213. The SMILES string of the molecule is Cc1cc([C@H](C)c2ccccc2)c(NC=[NH+]c2c([C@H](C)c3ccccc3)cc(C)cc2[C@H](C)c2ccccc2)c([C@H](C)c2ccccc2)c1. The number of nitrogens with one attached hydrogen (secondary N) is 2. The van der Waals surface area contributed by atoms with Crippen LogP contribution in [-0.2, 0) is 0 Å². The summed E-state index contributed by atoms with van der Waals surface area (Å²) in [6.07, 6.45) is 2.07. The molecule has 0 fully saturated rings. The van der Waals surface area contributed by atoms with Gasteiger partial charge in [-0.25, -0.2) is 10.3 Å². The lowest BCUT2D eigenvalue weighted by molar-refractivity contribution is -0.349. The zero-order valence-corrected chi connectivity index (χ0v) is 29.7. The molecule has 0 heterocycles. The first-order valence-corrected chi connectivity index (χ1v) is 17.6. The molecule has 0 aliphatic carbocycles. The first-order valence-electron chi connectivity index (χ1n) is 17.6. The summed E-state index contributed by atoms with van der Waals surface area (Å²) in [4.78, 5) is 3.85. The van der Waals surface area contributed by atoms with E-state index in [0.29, 0.717) is 0 Å². The number of hydrogen-bond donors (Lipinski definition) is 2. The molecule has 0 unspecified atom stereocenters. The van der Waals surface area contributed by atoms with Crippen molar-refractivity contribution >= 4 is 17.7 Å². The van der Waals surface area contributed by atoms with Gasteiger partial charge in [0.1, 0.15) is 11.4 Å². The van der Waals surface area contributed by atoms with Crippen molar-refractivity contribution in [2.45, 2.75) is 65.2 Å². The molecule has 6 aromatic rings. The van der Waals surface area contributed by atoms with Gasteiger partial charge in [-0.3, -0.25) is 0 Å². The van der Waals surface area contributed by atoms with Gasteiger partial charge in [0.15, 0.2) is 0 Å². The van der Waals surface area contributed by atoms with Crippen LogP contribution >= 0.6 is 0 Å². The fourth-order valence-electron chi connectivity index (χ4n) is 7.25. The highest BCUT2D eigenvalue weighted by Crippen LogP contribution is 2.39. The van der Waals surface area contributed by atoms with Crippen molar-refractivity contribution in [3.63, 3.8) is 0 Å². The van der Waals surface area contributed by atoms with Gasteiger partial charge in [0.2, 0.25) is 6.34 Å². The predicted octanol–water partition coefficient (Wildman–Crippen LogP) is 10.8. The second-order valence-corrected chi connectivity index (χ2v) is 13.6. The average Bonchev–Trinajstić information content (AvgIpc) is 3.15. The normalized spacial score (nSPS) is 13.9. The van der Waals surface area contributed by atoms with Gasteiger partial charge in [0, 0.05) is 45.9 Å². The van der Waals surface area contributed by atoms with Crippen LogP contribution in [-0.4, -0.2) is 6.34 Å². The Morgan fingerprint density at radius 2 is 0.714 bits per heavy atom. The summed E-state index contributed by atoms with van der Waals surface area (Å²) in [5.74, 6) is 0.835. The lowest BCUT2D eigenvalue weighted by Gasteiger charge is -2.22. The van der Waals surface area contributed by atoms with Crippen molar-refractivity contribution in [1.29, 1.82) is 0 Å². The standard InChI is InChI=1S/C47H48N2/c1-32-27-42(34(3)38-19-11-7-12-20-38)46(43(28-32)35(4)39-21-13-8-14-22-39)48-31-49-47-44(36(5)40-23-15-9-16-24-40)29-33(2)30-45(47)37(6)41-25-17-10-18-26-41/h7-31,34-37H,1-6H3,(H,48,49)/p+1/t34-,35-,36-,37-/m1/s1. The summed E-state index contributed by atoms with van der Waals surface area (Å²) < 4.78 is 0. The first-order chi connectivity index (χ1) is 23.8. The van der Waals surface area contributed by atoms with E-state index in [2.05, 4.69) is 204 Å². The van der Waals surface area contributed by atoms with E-state index in [1.807, 2.05) is 0 Å². The molecule has 0 saturated carbocycles.